The van der Waals surface area contributed by atoms with Crippen molar-refractivity contribution in [3.8, 4) is 0 Å². The van der Waals surface area contributed by atoms with Crippen molar-refractivity contribution in [2.75, 3.05) is 0 Å². The third kappa shape index (κ3) is 1.52. The topological polar surface area (TPSA) is 43.4 Å². The van der Waals surface area contributed by atoms with Crippen LogP contribution < -0.4 is 0 Å². The standard InChI is InChI=1S/C14H12O3S/c1-7-12(15)11-8(2)18-10-6-4-3-5-9(10)13(11)17-14(7)16/h3-8H,1-2H3. The Morgan fingerprint density at radius 1 is 1.17 bits per heavy atom. The van der Waals surface area contributed by atoms with Gasteiger partial charge in [-0.05, 0) is 19.9 Å². The van der Waals surface area contributed by atoms with Gasteiger partial charge in [0.2, 0.25) is 0 Å². The molecule has 3 nitrogen and oxygen atoms in total. The number of Topliss-reactive ketones (excluding diaryl/α,β-unsaturated/α-hetero) is 1. The van der Waals surface area contributed by atoms with E-state index in [1.807, 2.05) is 31.2 Å². The number of carbonyl (C=O) groups is 2. The first-order valence-electron chi connectivity index (χ1n) is 5.85. The van der Waals surface area contributed by atoms with E-state index < -0.39 is 11.9 Å². The zero-order valence-corrected chi connectivity index (χ0v) is 10.9. The second-order valence-electron chi connectivity index (χ2n) is 4.51. The van der Waals surface area contributed by atoms with E-state index >= 15 is 0 Å². The highest BCUT2D eigenvalue weighted by molar-refractivity contribution is 8.00. The Morgan fingerprint density at radius 2 is 1.89 bits per heavy atom. The van der Waals surface area contributed by atoms with Crippen LogP contribution in [0.25, 0.3) is 5.76 Å². The Kier molecular flexibility index (Phi) is 2.55. The zero-order chi connectivity index (χ0) is 12.9. The SMILES string of the molecule is CC1Sc2ccccc2C2=C1C(=O)C(C)C(=O)O2. The van der Waals surface area contributed by atoms with Gasteiger partial charge in [-0.2, -0.15) is 0 Å². The molecule has 0 radical (unpaired) electrons. The molecule has 0 aliphatic carbocycles. The molecular formula is C14H12O3S. The summed E-state index contributed by atoms with van der Waals surface area (Å²) in [5, 5.41) is 0.0259. The monoisotopic (exact) mass is 260 g/mol. The van der Waals surface area contributed by atoms with Gasteiger partial charge in [-0.3, -0.25) is 9.59 Å². The minimum atomic E-state index is -0.683. The predicted octanol–water partition coefficient (Wildman–Crippen LogP) is 2.65. The molecule has 1 aromatic rings. The molecular weight excluding hydrogens is 248 g/mol. The van der Waals surface area contributed by atoms with Crippen molar-refractivity contribution in [1.29, 1.82) is 0 Å². The van der Waals surface area contributed by atoms with Crippen LogP contribution in [0.15, 0.2) is 34.7 Å². The third-order valence-electron chi connectivity index (χ3n) is 3.30. The lowest BCUT2D eigenvalue weighted by Gasteiger charge is -2.31. The van der Waals surface area contributed by atoms with Gasteiger partial charge < -0.3 is 4.74 Å². The van der Waals surface area contributed by atoms with Gasteiger partial charge in [0.05, 0.1) is 5.57 Å². The van der Waals surface area contributed by atoms with Crippen LogP contribution in [0.2, 0.25) is 0 Å². The fraction of sp³-hybridized carbons (Fsp3) is 0.286. The molecule has 1 aromatic carbocycles. The predicted molar refractivity (Wildman–Crippen MR) is 68.9 cm³/mol. The average molecular weight is 260 g/mol. The number of hydrogen-bond acceptors (Lipinski definition) is 4. The number of esters is 1. The smallest absolute Gasteiger partial charge is 0.321 e. The van der Waals surface area contributed by atoms with Gasteiger partial charge in [-0.15, -0.1) is 11.8 Å². The average Bonchev–Trinajstić information content (AvgIpc) is 2.35. The van der Waals surface area contributed by atoms with Crippen LogP contribution in [0.4, 0.5) is 0 Å². The van der Waals surface area contributed by atoms with Crippen molar-refractivity contribution >= 4 is 29.3 Å². The van der Waals surface area contributed by atoms with Crippen LogP contribution in [0.3, 0.4) is 0 Å². The molecule has 4 heteroatoms. The molecule has 2 aliphatic rings. The van der Waals surface area contributed by atoms with Crippen LogP contribution in [0, 0.1) is 5.92 Å². The van der Waals surface area contributed by atoms with Gasteiger partial charge in [0, 0.05) is 15.7 Å². The fourth-order valence-corrected chi connectivity index (χ4v) is 3.45. The van der Waals surface area contributed by atoms with E-state index in [0.29, 0.717) is 11.3 Å². The van der Waals surface area contributed by atoms with Gasteiger partial charge in [0.15, 0.2) is 5.78 Å². The first-order valence-corrected chi connectivity index (χ1v) is 6.73. The number of fused-ring (bicyclic) bond motifs is 2. The minimum Gasteiger partial charge on any atom is -0.425 e. The first kappa shape index (κ1) is 11.5. The molecule has 0 saturated heterocycles. The summed E-state index contributed by atoms with van der Waals surface area (Å²) in [7, 11) is 0. The molecule has 2 aliphatic heterocycles. The summed E-state index contributed by atoms with van der Waals surface area (Å²) in [6, 6.07) is 7.70. The van der Waals surface area contributed by atoms with E-state index in [1.54, 1.807) is 18.7 Å². The summed E-state index contributed by atoms with van der Waals surface area (Å²) in [6.07, 6.45) is 0. The van der Waals surface area contributed by atoms with Gasteiger partial charge in [-0.1, -0.05) is 18.2 Å². The molecule has 0 fully saturated rings. The van der Waals surface area contributed by atoms with Crippen LogP contribution in [-0.4, -0.2) is 17.0 Å². The Labute approximate surface area is 109 Å². The Hall–Kier alpha value is -1.55. The van der Waals surface area contributed by atoms with Crippen molar-refractivity contribution in [2.24, 2.45) is 5.92 Å². The van der Waals surface area contributed by atoms with Gasteiger partial charge in [0.25, 0.3) is 0 Å². The summed E-state index contributed by atoms with van der Waals surface area (Å²) in [4.78, 5) is 25.0. The van der Waals surface area contributed by atoms with Crippen molar-refractivity contribution in [2.45, 2.75) is 24.0 Å². The summed E-state index contributed by atoms with van der Waals surface area (Å²) >= 11 is 1.63. The zero-order valence-electron chi connectivity index (χ0n) is 10.1. The number of ketones is 1. The Morgan fingerprint density at radius 3 is 2.67 bits per heavy atom. The molecule has 0 aromatic heterocycles. The van der Waals surface area contributed by atoms with Gasteiger partial charge >= 0.3 is 5.97 Å². The normalized spacial score (nSPS) is 26.6. The lowest BCUT2D eigenvalue weighted by atomic mass is 9.91. The lowest BCUT2D eigenvalue weighted by molar-refractivity contribution is -0.145. The molecule has 2 unspecified atom stereocenters. The van der Waals surface area contributed by atoms with Crippen molar-refractivity contribution in [3.05, 3.63) is 35.4 Å². The van der Waals surface area contributed by atoms with Crippen LogP contribution in [0.5, 0.6) is 0 Å². The summed E-state index contributed by atoms with van der Waals surface area (Å²) in [5.41, 5.74) is 1.50. The maximum absolute atomic E-state index is 12.2. The molecule has 0 N–H and O–H groups in total. The maximum Gasteiger partial charge on any atom is 0.321 e. The molecule has 2 atom stereocenters. The number of rotatable bonds is 0. The van der Waals surface area contributed by atoms with Gasteiger partial charge in [0.1, 0.15) is 11.7 Å². The highest BCUT2D eigenvalue weighted by Gasteiger charge is 2.40. The Balaban J connectivity index is 2.23. The second-order valence-corrected chi connectivity index (χ2v) is 5.89. The number of benzene rings is 1. The van der Waals surface area contributed by atoms with Crippen molar-refractivity contribution < 1.29 is 14.3 Å². The Bertz CT molecular complexity index is 588. The maximum atomic E-state index is 12.2. The van der Waals surface area contributed by atoms with E-state index in [4.69, 9.17) is 4.74 Å². The third-order valence-corrected chi connectivity index (χ3v) is 4.50. The van der Waals surface area contributed by atoms with Gasteiger partial charge in [-0.25, -0.2) is 0 Å². The van der Waals surface area contributed by atoms with E-state index in [9.17, 15) is 9.59 Å². The highest BCUT2D eigenvalue weighted by Crippen LogP contribution is 2.45. The molecule has 0 bridgehead atoms. The second kappa shape index (κ2) is 3.99. The van der Waals surface area contributed by atoms with E-state index in [1.165, 1.54) is 0 Å². The quantitative estimate of drug-likeness (QED) is 0.531. The van der Waals surface area contributed by atoms with E-state index in [2.05, 4.69) is 0 Å². The fourth-order valence-electron chi connectivity index (χ4n) is 2.29. The lowest BCUT2D eigenvalue weighted by Crippen LogP contribution is -2.34. The van der Waals surface area contributed by atoms with Crippen LogP contribution in [-0.2, 0) is 14.3 Å². The molecule has 92 valence electrons. The van der Waals surface area contributed by atoms with Crippen LogP contribution in [0.1, 0.15) is 19.4 Å². The molecule has 0 saturated carbocycles. The molecule has 0 spiro atoms. The minimum absolute atomic E-state index is 0.0259. The summed E-state index contributed by atoms with van der Waals surface area (Å²) < 4.78 is 5.38. The molecule has 18 heavy (non-hydrogen) atoms. The number of carbonyl (C=O) groups excluding carboxylic acids is 2. The highest BCUT2D eigenvalue weighted by atomic mass is 32.2. The first-order chi connectivity index (χ1) is 8.59. The van der Waals surface area contributed by atoms with Crippen molar-refractivity contribution in [3.63, 3.8) is 0 Å². The number of thioether (sulfide) groups is 1. The molecule has 0 amide bonds. The van der Waals surface area contributed by atoms with Crippen molar-refractivity contribution in [1.82, 2.24) is 0 Å². The molecule has 2 heterocycles. The summed E-state index contributed by atoms with van der Waals surface area (Å²) in [5.74, 6) is -0.773. The van der Waals surface area contributed by atoms with E-state index in [-0.39, 0.29) is 11.0 Å². The van der Waals surface area contributed by atoms with Crippen LogP contribution >= 0.6 is 11.8 Å². The van der Waals surface area contributed by atoms with E-state index in [0.717, 1.165) is 10.5 Å². The number of ether oxygens (including phenoxy) is 1. The summed E-state index contributed by atoms with van der Waals surface area (Å²) in [6.45, 7) is 3.58. The molecule has 3 rings (SSSR count). The largest absolute Gasteiger partial charge is 0.425 e. The number of hydrogen-bond donors (Lipinski definition) is 0.